The lowest BCUT2D eigenvalue weighted by Gasteiger charge is -2.29. The molecule has 0 saturated carbocycles. The highest BCUT2D eigenvalue weighted by Gasteiger charge is 2.30. The number of carbonyl (C=O) groups excluding carboxylic acids is 1. The number of hydrogen-bond donors (Lipinski definition) is 2. The molecule has 0 aromatic rings. The lowest BCUT2D eigenvalue weighted by Crippen LogP contribution is -2.56. The van der Waals surface area contributed by atoms with Gasteiger partial charge in [0.25, 0.3) is 0 Å². The molecule has 0 aromatic heterocycles. The van der Waals surface area contributed by atoms with Crippen LogP contribution in [0.2, 0.25) is 0 Å². The minimum atomic E-state index is -0.398. The average Bonchev–Trinajstić information content (AvgIpc) is 2.61. The topological polar surface area (TPSA) is 53.6 Å². The van der Waals surface area contributed by atoms with Crippen LogP contribution >= 0.6 is 0 Å². The molecular weight excluding hydrogens is 230 g/mol. The van der Waals surface area contributed by atoms with E-state index < -0.39 is 5.60 Å². The Morgan fingerprint density at radius 3 is 2.72 bits per heavy atom. The Morgan fingerprint density at radius 1 is 1.44 bits per heavy atom. The molecule has 2 aliphatic rings. The van der Waals surface area contributed by atoms with Gasteiger partial charge in [0.2, 0.25) is 0 Å². The fourth-order valence-electron chi connectivity index (χ4n) is 2.26. The van der Waals surface area contributed by atoms with Crippen LogP contribution in [-0.2, 0) is 4.74 Å². The predicted molar refractivity (Wildman–Crippen MR) is 70.6 cm³/mol. The average molecular weight is 255 g/mol. The Hall–Kier alpha value is -0.810. The Kier molecular flexibility index (Phi) is 4.12. The first kappa shape index (κ1) is 13.6. The van der Waals surface area contributed by atoms with Gasteiger partial charge in [0.15, 0.2) is 0 Å². The van der Waals surface area contributed by atoms with Crippen molar-refractivity contribution in [3.63, 3.8) is 0 Å². The van der Waals surface area contributed by atoms with E-state index in [2.05, 4.69) is 10.6 Å². The lowest BCUT2D eigenvalue weighted by atomic mass is 10.1. The van der Waals surface area contributed by atoms with Gasteiger partial charge in [-0.3, -0.25) is 0 Å². The molecule has 0 spiro atoms. The molecule has 5 nitrogen and oxygen atoms in total. The van der Waals surface area contributed by atoms with Gasteiger partial charge >= 0.3 is 6.09 Å². The van der Waals surface area contributed by atoms with E-state index in [0.29, 0.717) is 12.0 Å². The molecule has 1 amide bonds. The summed E-state index contributed by atoms with van der Waals surface area (Å²) in [5.74, 6) is 0.568. The zero-order valence-electron chi connectivity index (χ0n) is 11.7. The molecule has 2 fully saturated rings. The van der Waals surface area contributed by atoms with Crippen LogP contribution in [0.3, 0.4) is 0 Å². The van der Waals surface area contributed by atoms with Gasteiger partial charge in [0.1, 0.15) is 5.60 Å². The molecule has 0 aromatic carbocycles. The molecule has 0 radical (unpaired) electrons. The highest BCUT2D eigenvalue weighted by Crippen LogP contribution is 2.19. The number of likely N-dealkylation sites (tertiary alicyclic amines) is 1. The van der Waals surface area contributed by atoms with Crippen molar-refractivity contribution >= 4 is 6.09 Å². The van der Waals surface area contributed by atoms with Crippen molar-refractivity contribution in [3.8, 4) is 0 Å². The Morgan fingerprint density at radius 2 is 2.17 bits per heavy atom. The van der Waals surface area contributed by atoms with Crippen molar-refractivity contribution < 1.29 is 9.53 Å². The highest BCUT2D eigenvalue weighted by atomic mass is 16.6. The maximum absolute atomic E-state index is 11.9. The van der Waals surface area contributed by atoms with Crippen LogP contribution in [0.25, 0.3) is 0 Å². The van der Waals surface area contributed by atoms with Crippen LogP contribution in [0.1, 0.15) is 27.2 Å². The van der Waals surface area contributed by atoms with Crippen molar-refractivity contribution in [2.24, 2.45) is 5.92 Å². The highest BCUT2D eigenvalue weighted by molar-refractivity contribution is 5.68. The molecule has 2 heterocycles. The molecule has 104 valence electrons. The summed E-state index contributed by atoms with van der Waals surface area (Å²) in [6.07, 6.45) is 0.905. The third-order valence-corrected chi connectivity index (χ3v) is 3.41. The molecule has 0 aliphatic carbocycles. The van der Waals surface area contributed by atoms with Crippen LogP contribution < -0.4 is 10.6 Å². The van der Waals surface area contributed by atoms with E-state index in [1.165, 1.54) is 0 Å². The van der Waals surface area contributed by atoms with E-state index in [-0.39, 0.29) is 6.09 Å². The second kappa shape index (κ2) is 5.45. The van der Waals surface area contributed by atoms with E-state index in [1.807, 2.05) is 25.7 Å². The van der Waals surface area contributed by atoms with Crippen LogP contribution in [0.4, 0.5) is 4.79 Å². The van der Waals surface area contributed by atoms with Crippen LogP contribution in [0, 0.1) is 5.92 Å². The van der Waals surface area contributed by atoms with E-state index in [4.69, 9.17) is 4.74 Å². The number of hydrogen-bond acceptors (Lipinski definition) is 4. The zero-order chi connectivity index (χ0) is 13.2. The van der Waals surface area contributed by atoms with Crippen molar-refractivity contribution in [2.75, 3.05) is 32.7 Å². The molecular formula is C13H25N3O2. The van der Waals surface area contributed by atoms with E-state index >= 15 is 0 Å². The summed E-state index contributed by atoms with van der Waals surface area (Å²) in [5.41, 5.74) is -0.398. The standard InChI is InChI=1S/C13H25N3O2/c1-13(2,3)18-12(17)16-5-4-10(9-16)6-15-11-7-14-8-11/h10-11,14-15H,4-9H2,1-3H3. The van der Waals surface area contributed by atoms with Crippen LogP contribution in [0.15, 0.2) is 0 Å². The van der Waals surface area contributed by atoms with Gasteiger partial charge in [-0.2, -0.15) is 0 Å². The van der Waals surface area contributed by atoms with Gasteiger partial charge in [-0.25, -0.2) is 4.79 Å². The summed E-state index contributed by atoms with van der Waals surface area (Å²) in [6.45, 7) is 10.5. The van der Waals surface area contributed by atoms with Gasteiger partial charge in [-0.05, 0) is 33.1 Å². The molecule has 1 unspecified atom stereocenters. The van der Waals surface area contributed by atoms with E-state index in [9.17, 15) is 4.79 Å². The monoisotopic (exact) mass is 255 g/mol. The quantitative estimate of drug-likeness (QED) is 0.783. The molecule has 2 aliphatic heterocycles. The SMILES string of the molecule is CC(C)(C)OC(=O)N1CCC(CNC2CNC2)C1. The fourth-order valence-corrected chi connectivity index (χ4v) is 2.26. The summed E-state index contributed by atoms with van der Waals surface area (Å²) < 4.78 is 5.38. The van der Waals surface area contributed by atoms with Gasteiger partial charge in [-0.15, -0.1) is 0 Å². The molecule has 1 atom stereocenters. The summed E-state index contributed by atoms with van der Waals surface area (Å²) in [4.78, 5) is 13.7. The van der Waals surface area contributed by atoms with E-state index in [0.717, 1.165) is 39.1 Å². The number of rotatable bonds is 3. The second-order valence-electron chi connectivity index (χ2n) is 6.34. The molecule has 2 saturated heterocycles. The Labute approximate surface area is 109 Å². The second-order valence-corrected chi connectivity index (χ2v) is 6.34. The molecule has 0 bridgehead atoms. The summed E-state index contributed by atoms with van der Waals surface area (Å²) >= 11 is 0. The fraction of sp³-hybridized carbons (Fsp3) is 0.923. The minimum absolute atomic E-state index is 0.171. The van der Waals surface area contributed by atoms with Gasteiger partial charge in [0, 0.05) is 38.8 Å². The van der Waals surface area contributed by atoms with Crippen molar-refractivity contribution in [1.82, 2.24) is 15.5 Å². The minimum Gasteiger partial charge on any atom is -0.444 e. The first-order chi connectivity index (χ1) is 8.44. The van der Waals surface area contributed by atoms with Crippen molar-refractivity contribution in [3.05, 3.63) is 0 Å². The maximum Gasteiger partial charge on any atom is 0.410 e. The first-order valence-electron chi connectivity index (χ1n) is 6.86. The Bertz CT molecular complexity index is 297. The first-order valence-corrected chi connectivity index (χ1v) is 6.86. The number of carbonyl (C=O) groups is 1. The number of nitrogens with one attached hydrogen (secondary N) is 2. The van der Waals surface area contributed by atoms with Crippen LogP contribution in [-0.4, -0.2) is 55.4 Å². The third-order valence-electron chi connectivity index (χ3n) is 3.41. The van der Waals surface area contributed by atoms with E-state index in [1.54, 1.807) is 0 Å². The van der Waals surface area contributed by atoms with Crippen molar-refractivity contribution in [2.45, 2.75) is 38.8 Å². The molecule has 18 heavy (non-hydrogen) atoms. The summed E-state index contributed by atoms with van der Waals surface area (Å²) in [6, 6.07) is 0.626. The maximum atomic E-state index is 11.9. The molecule has 2 rings (SSSR count). The van der Waals surface area contributed by atoms with Crippen LogP contribution in [0.5, 0.6) is 0 Å². The summed E-state index contributed by atoms with van der Waals surface area (Å²) in [5, 5.41) is 6.77. The van der Waals surface area contributed by atoms with Gasteiger partial charge < -0.3 is 20.3 Å². The number of nitrogens with zero attached hydrogens (tertiary/aromatic N) is 1. The molecule has 5 heteroatoms. The predicted octanol–water partition coefficient (Wildman–Crippen LogP) is 0.805. The van der Waals surface area contributed by atoms with Gasteiger partial charge in [-0.1, -0.05) is 0 Å². The van der Waals surface area contributed by atoms with Gasteiger partial charge in [0.05, 0.1) is 0 Å². The number of amides is 1. The zero-order valence-corrected chi connectivity index (χ0v) is 11.7. The number of ether oxygens (including phenoxy) is 1. The van der Waals surface area contributed by atoms with Crippen molar-refractivity contribution in [1.29, 1.82) is 0 Å². The summed E-state index contributed by atoms with van der Waals surface area (Å²) in [7, 11) is 0. The smallest absolute Gasteiger partial charge is 0.410 e. The third kappa shape index (κ3) is 3.85. The largest absolute Gasteiger partial charge is 0.444 e. The molecule has 2 N–H and O–H groups in total. The lowest BCUT2D eigenvalue weighted by molar-refractivity contribution is 0.0288. The Balaban J connectivity index is 1.68. The normalized spacial score (nSPS) is 25.1.